The molecule has 1 heterocycles. The van der Waals surface area contributed by atoms with Crippen molar-refractivity contribution in [3.8, 4) is 0 Å². The Hall–Kier alpha value is -1.57. The van der Waals surface area contributed by atoms with Crippen LogP contribution in [-0.2, 0) is 13.0 Å². The lowest BCUT2D eigenvalue weighted by molar-refractivity contribution is 0.392. The fourth-order valence-corrected chi connectivity index (χ4v) is 2.53. The van der Waals surface area contributed by atoms with Crippen LogP contribution < -0.4 is 5.32 Å². The molecule has 6 heteroatoms. The molecule has 1 aromatic carbocycles. The van der Waals surface area contributed by atoms with Crippen LogP contribution >= 0.6 is 24.0 Å². The van der Waals surface area contributed by atoms with Gasteiger partial charge in [-0.2, -0.15) is 0 Å². The number of aromatic nitrogens is 1. The highest BCUT2D eigenvalue weighted by molar-refractivity contribution is 14.0. The van der Waals surface area contributed by atoms with Crippen LogP contribution in [0.1, 0.15) is 29.5 Å². The molecule has 2 aromatic rings. The average molecular weight is 442 g/mol. The Bertz CT molecular complexity index is 620. The van der Waals surface area contributed by atoms with Crippen molar-refractivity contribution in [1.82, 2.24) is 15.4 Å². The van der Waals surface area contributed by atoms with Crippen molar-refractivity contribution in [3.63, 3.8) is 0 Å². The van der Waals surface area contributed by atoms with E-state index in [2.05, 4.69) is 53.6 Å². The Morgan fingerprint density at radius 3 is 2.54 bits per heavy atom. The highest BCUT2D eigenvalue weighted by Crippen LogP contribution is 2.12. The van der Waals surface area contributed by atoms with Crippen molar-refractivity contribution in [1.29, 1.82) is 0 Å². The number of nitrogens with one attached hydrogen (secondary N) is 1. The van der Waals surface area contributed by atoms with E-state index in [-0.39, 0.29) is 24.0 Å². The van der Waals surface area contributed by atoms with Crippen molar-refractivity contribution >= 4 is 29.9 Å². The summed E-state index contributed by atoms with van der Waals surface area (Å²) < 4.78 is 5.20. The quantitative estimate of drug-likeness (QED) is 0.423. The zero-order valence-corrected chi connectivity index (χ0v) is 17.2. The van der Waals surface area contributed by atoms with Crippen LogP contribution in [0, 0.1) is 13.8 Å². The maximum absolute atomic E-state index is 5.20. The SMILES string of the molecule is CCNC(=NCCc1c(C)noc1C)N(C)Cc1ccccc1.I. The third kappa shape index (κ3) is 5.81. The minimum Gasteiger partial charge on any atom is -0.361 e. The summed E-state index contributed by atoms with van der Waals surface area (Å²) in [7, 11) is 2.06. The summed E-state index contributed by atoms with van der Waals surface area (Å²) in [5, 5.41) is 7.34. The zero-order chi connectivity index (χ0) is 16.7. The van der Waals surface area contributed by atoms with Crippen molar-refractivity contribution in [2.75, 3.05) is 20.1 Å². The molecule has 132 valence electrons. The molecule has 0 aliphatic heterocycles. The molecule has 24 heavy (non-hydrogen) atoms. The van der Waals surface area contributed by atoms with E-state index in [1.54, 1.807) is 0 Å². The molecule has 0 fully saturated rings. The summed E-state index contributed by atoms with van der Waals surface area (Å²) in [6.45, 7) is 8.40. The minimum absolute atomic E-state index is 0. The highest BCUT2D eigenvalue weighted by atomic mass is 127. The Kier molecular flexibility index (Phi) is 8.81. The monoisotopic (exact) mass is 442 g/mol. The lowest BCUT2D eigenvalue weighted by Crippen LogP contribution is -2.38. The molecule has 0 unspecified atom stereocenters. The number of guanidine groups is 1. The molecular formula is C18H27IN4O. The standard InChI is InChI=1S/C18H26N4O.HI/c1-5-19-18(22(4)13-16-9-7-6-8-10-16)20-12-11-17-14(2)21-23-15(17)3;/h6-10H,5,11-13H2,1-4H3,(H,19,20);1H. The third-order valence-corrected chi connectivity index (χ3v) is 3.76. The smallest absolute Gasteiger partial charge is 0.193 e. The lowest BCUT2D eigenvalue weighted by Gasteiger charge is -2.22. The number of rotatable bonds is 6. The number of nitrogens with zero attached hydrogens (tertiary/aromatic N) is 3. The Balaban J connectivity index is 0.00000288. The second-order valence-electron chi connectivity index (χ2n) is 5.63. The zero-order valence-electron chi connectivity index (χ0n) is 14.9. The van der Waals surface area contributed by atoms with E-state index in [4.69, 9.17) is 9.52 Å². The average Bonchev–Trinajstić information content (AvgIpc) is 2.86. The summed E-state index contributed by atoms with van der Waals surface area (Å²) in [6, 6.07) is 10.4. The van der Waals surface area contributed by atoms with Gasteiger partial charge in [-0.25, -0.2) is 0 Å². The number of aryl methyl sites for hydroxylation is 2. The van der Waals surface area contributed by atoms with Gasteiger partial charge in [-0.05, 0) is 32.8 Å². The second-order valence-corrected chi connectivity index (χ2v) is 5.63. The topological polar surface area (TPSA) is 53.7 Å². The maximum atomic E-state index is 5.20. The largest absolute Gasteiger partial charge is 0.361 e. The van der Waals surface area contributed by atoms with E-state index in [1.165, 1.54) is 5.56 Å². The van der Waals surface area contributed by atoms with Crippen LogP contribution in [0.15, 0.2) is 39.8 Å². The molecule has 0 aliphatic carbocycles. The Morgan fingerprint density at radius 2 is 1.96 bits per heavy atom. The van der Waals surface area contributed by atoms with Gasteiger partial charge >= 0.3 is 0 Å². The summed E-state index contributed by atoms with van der Waals surface area (Å²) in [5.74, 6) is 1.81. The Labute approximate surface area is 161 Å². The molecule has 0 atom stereocenters. The first-order valence-corrected chi connectivity index (χ1v) is 8.07. The fourth-order valence-electron chi connectivity index (χ4n) is 2.53. The molecule has 0 bridgehead atoms. The van der Waals surface area contributed by atoms with Crippen LogP contribution in [0.25, 0.3) is 0 Å². The molecule has 1 aromatic heterocycles. The molecular weight excluding hydrogens is 415 g/mol. The van der Waals surface area contributed by atoms with Gasteiger partial charge < -0.3 is 14.7 Å². The van der Waals surface area contributed by atoms with Crippen LogP contribution in [0.2, 0.25) is 0 Å². The molecule has 1 N–H and O–H groups in total. The van der Waals surface area contributed by atoms with E-state index in [0.29, 0.717) is 6.54 Å². The summed E-state index contributed by atoms with van der Waals surface area (Å²) in [5.41, 5.74) is 3.39. The van der Waals surface area contributed by atoms with Gasteiger partial charge in [0.2, 0.25) is 0 Å². The van der Waals surface area contributed by atoms with E-state index < -0.39 is 0 Å². The number of hydrogen-bond acceptors (Lipinski definition) is 3. The minimum atomic E-state index is 0. The van der Waals surface area contributed by atoms with Crippen LogP contribution in [0.3, 0.4) is 0 Å². The van der Waals surface area contributed by atoms with Gasteiger partial charge in [0.1, 0.15) is 5.76 Å². The van der Waals surface area contributed by atoms with Crippen molar-refractivity contribution in [2.24, 2.45) is 4.99 Å². The first kappa shape index (κ1) is 20.5. The van der Waals surface area contributed by atoms with E-state index >= 15 is 0 Å². The van der Waals surface area contributed by atoms with Gasteiger partial charge in [-0.1, -0.05) is 35.5 Å². The lowest BCUT2D eigenvalue weighted by atomic mass is 10.1. The van der Waals surface area contributed by atoms with Crippen molar-refractivity contribution < 1.29 is 4.52 Å². The van der Waals surface area contributed by atoms with E-state index in [9.17, 15) is 0 Å². The van der Waals surface area contributed by atoms with Crippen LogP contribution in [0.4, 0.5) is 0 Å². The Morgan fingerprint density at radius 1 is 1.25 bits per heavy atom. The number of aliphatic imine (C=N–C) groups is 1. The molecule has 0 radical (unpaired) electrons. The number of hydrogen-bond donors (Lipinski definition) is 1. The highest BCUT2D eigenvalue weighted by Gasteiger charge is 2.09. The summed E-state index contributed by atoms with van der Waals surface area (Å²) >= 11 is 0. The molecule has 0 saturated carbocycles. The first-order chi connectivity index (χ1) is 11.1. The molecule has 0 saturated heterocycles. The van der Waals surface area contributed by atoms with E-state index in [0.717, 1.165) is 42.5 Å². The summed E-state index contributed by atoms with van der Waals surface area (Å²) in [6.07, 6.45) is 0.842. The molecule has 5 nitrogen and oxygen atoms in total. The van der Waals surface area contributed by atoms with Gasteiger partial charge in [-0.15, -0.1) is 24.0 Å². The predicted molar refractivity (Wildman–Crippen MR) is 109 cm³/mol. The van der Waals surface area contributed by atoms with Crippen LogP contribution in [-0.4, -0.2) is 36.2 Å². The van der Waals surface area contributed by atoms with Gasteiger partial charge in [0.15, 0.2) is 5.96 Å². The normalized spacial score (nSPS) is 11.1. The molecule has 0 spiro atoms. The molecule has 0 amide bonds. The van der Waals surface area contributed by atoms with Crippen molar-refractivity contribution in [3.05, 3.63) is 52.9 Å². The van der Waals surface area contributed by atoms with Gasteiger partial charge in [0, 0.05) is 32.2 Å². The van der Waals surface area contributed by atoms with Crippen molar-refractivity contribution in [2.45, 2.75) is 33.7 Å². The van der Waals surface area contributed by atoms with Crippen LogP contribution in [0.5, 0.6) is 0 Å². The maximum Gasteiger partial charge on any atom is 0.193 e. The number of benzene rings is 1. The fraction of sp³-hybridized carbons (Fsp3) is 0.444. The number of halogens is 1. The first-order valence-electron chi connectivity index (χ1n) is 8.07. The molecule has 2 rings (SSSR count). The summed E-state index contributed by atoms with van der Waals surface area (Å²) in [4.78, 5) is 6.87. The van der Waals surface area contributed by atoms with Gasteiger partial charge in [-0.3, -0.25) is 4.99 Å². The predicted octanol–water partition coefficient (Wildman–Crippen LogP) is 3.55. The third-order valence-electron chi connectivity index (χ3n) is 3.76. The second kappa shape index (κ2) is 10.3. The van der Waals surface area contributed by atoms with Gasteiger partial charge in [0.25, 0.3) is 0 Å². The van der Waals surface area contributed by atoms with E-state index in [1.807, 2.05) is 19.9 Å². The van der Waals surface area contributed by atoms with Gasteiger partial charge in [0.05, 0.1) is 5.69 Å². The molecule has 0 aliphatic rings.